The zero-order valence-corrected chi connectivity index (χ0v) is 14.7. The number of aliphatic hydroxyl groups is 2. The first-order valence-corrected chi connectivity index (χ1v) is 7.16. The van der Waals surface area contributed by atoms with Gasteiger partial charge in [0.05, 0.1) is 0 Å². The van der Waals surface area contributed by atoms with Crippen LogP contribution in [0.25, 0.3) is 0 Å². The van der Waals surface area contributed by atoms with Crippen molar-refractivity contribution in [3.63, 3.8) is 0 Å². The predicted octanol–water partition coefficient (Wildman–Crippen LogP) is -1.86. The van der Waals surface area contributed by atoms with Crippen LogP contribution in [0.2, 0.25) is 0 Å². The third-order valence-corrected chi connectivity index (χ3v) is 3.36. The Morgan fingerprint density at radius 2 is 1.06 bits per heavy atom. The smallest absolute Gasteiger partial charge is 0.746 e. The fraction of sp³-hybridized carbons (Fsp3) is 1.00. The Labute approximate surface area is 121 Å². The molecule has 0 spiro atoms. The monoisotopic (exact) mass is 486 g/mol. The molecule has 0 heterocycles. The summed E-state index contributed by atoms with van der Waals surface area (Å²) in [6.45, 7) is 2.83. The Morgan fingerprint density at radius 3 is 1.06 bits per heavy atom. The minimum Gasteiger partial charge on any atom is -0.746 e. The predicted molar refractivity (Wildman–Crippen MR) is 57.7 cm³/mol. The number of aliphatic hydroxyl groups excluding tert-OH is 2. The standard InChI is InChI=1S/2C3H8O4S.Pb/c2*1-2-3(4)8(5,6)7;/h2*3-4H,2H2,1H3,(H,5,6,7);/q;;+2/p-2. The van der Waals surface area contributed by atoms with Crippen LogP contribution in [0.1, 0.15) is 26.7 Å². The van der Waals surface area contributed by atoms with Gasteiger partial charge in [-0.25, -0.2) is 16.8 Å². The van der Waals surface area contributed by atoms with Crippen LogP contribution in [-0.2, 0) is 20.2 Å². The molecule has 0 aliphatic carbocycles. The van der Waals surface area contributed by atoms with Crippen LogP contribution in [0, 0.1) is 0 Å². The Kier molecular flexibility index (Phi) is 12.8. The van der Waals surface area contributed by atoms with Gasteiger partial charge in [0.1, 0.15) is 31.1 Å². The van der Waals surface area contributed by atoms with Crippen molar-refractivity contribution in [1.82, 2.24) is 0 Å². The second kappa shape index (κ2) is 9.57. The topological polar surface area (TPSA) is 155 Å². The maximum absolute atomic E-state index is 9.76. The van der Waals surface area contributed by atoms with Gasteiger partial charge in [0.25, 0.3) is 0 Å². The number of hydrogen-bond acceptors (Lipinski definition) is 8. The molecule has 0 rings (SSSR count). The van der Waals surface area contributed by atoms with E-state index in [-0.39, 0.29) is 40.1 Å². The average Bonchev–Trinajstić information content (AvgIpc) is 2.13. The van der Waals surface area contributed by atoms with Crippen molar-refractivity contribution in [3.05, 3.63) is 0 Å². The Morgan fingerprint density at radius 1 is 0.882 bits per heavy atom. The van der Waals surface area contributed by atoms with Crippen LogP contribution in [0.5, 0.6) is 0 Å². The summed E-state index contributed by atoms with van der Waals surface area (Å²) >= 11 is 0. The fourth-order valence-corrected chi connectivity index (χ4v) is 1.22. The third-order valence-electron chi connectivity index (χ3n) is 1.36. The Bertz CT molecular complexity index is 337. The molecule has 0 aromatic rings. The van der Waals surface area contributed by atoms with Crippen molar-refractivity contribution >= 4 is 47.5 Å². The van der Waals surface area contributed by atoms with Crippen LogP contribution in [0.15, 0.2) is 0 Å². The SMILES string of the molecule is CCC(O)S(=O)(=O)[O-].CCC(O)S(=O)(=O)[O-].[Pb+2]. The summed E-state index contributed by atoms with van der Waals surface area (Å²) < 4.78 is 58.5. The van der Waals surface area contributed by atoms with E-state index in [4.69, 9.17) is 10.2 Å². The van der Waals surface area contributed by atoms with Crippen molar-refractivity contribution in [1.29, 1.82) is 0 Å². The maximum Gasteiger partial charge on any atom is 2.00 e. The average molecular weight is 486 g/mol. The van der Waals surface area contributed by atoms with Crippen LogP contribution >= 0.6 is 0 Å². The third kappa shape index (κ3) is 12.9. The van der Waals surface area contributed by atoms with Crippen LogP contribution in [-0.4, -0.2) is 74.3 Å². The molecule has 0 aliphatic rings. The zero-order chi connectivity index (χ0) is 13.6. The zero-order valence-electron chi connectivity index (χ0n) is 9.23. The second-order valence-corrected chi connectivity index (χ2v) is 5.77. The van der Waals surface area contributed by atoms with E-state index < -0.39 is 31.1 Å². The van der Waals surface area contributed by atoms with Gasteiger partial charge < -0.3 is 19.3 Å². The largest absolute Gasteiger partial charge is 2.00 e. The normalized spacial score (nSPS) is 14.9. The van der Waals surface area contributed by atoms with E-state index in [0.717, 1.165) is 0 Å². The molecule has 0 fully saturated rings. The van der Waals surface area contributed by atoms with Gasteiger partial charge in [-0.2, -0.15) is 0 Å². The molecule has 2 atom stereocenters. The van der Waals surface area contributed by atoms with Gasteiger partial charge in [-0.05, 0) is 12.8 Å². The summed E-state index contributed by atoms with van der Waals surface area (Å²) in [5, 5.41) is 16.6. The molecule has 0 aliphatic heterocycles. The van der Waals surface area contributed by atoms with E-state index >= 15 is 0 Å². The van der Waals surface area contributed by atoms with E-state index in [0.29, 0.717) is 0 Å². The van der Waals surface area contributed by atoms with E-state index in [2.05, 4.69) is 0 Å². The summed E-state index contributed by atoms with van der Waals surface area (Å²) in [4.78, 5) is 0. The first kappa shape index (κ1) is 22.8. The molecule has 0 saturated carbocycles. The molecule has 0 aromatic carbocycles. The number of hydrogen-bond donors (Lipinski definition) is 2. The first-order valence-electron chi connectivity index (χ1n) is 4.22. The van der Waals surface area contributed by atoms with Crippen molar-refractivity contribution in [2.45, 2.75) is 37.6 Å². The molecule has 11 heteroatoms. The molecule has 0 bridgehead atoms. The molecule has 17 heavy (non-hydrogen) atoms. The van der Waals surface area contributed by atoms with E-state index in [1.165, 1.54) is 13.8 Å². The molecule has 2 radical (unpaired) electrons. The first-order chi connectivity index (χ1) is 6.96. The molecule has 0 saturated heterocycles. The van der Waals surface area contributed by atoms with Gasteiger partial charge in [0, 0.05) is 0 Å². The molecule has 2 N–H and O–H groups in total. The van der Waals surface area contributed by atoms with Crippen molar-refractivity contribution in [3.8, 4) is 0 Å². The van der Waals surface area contributed by atoms with Crippen LogP contribution < -0.4 is 0 Å². The van der Waals surface area contributed by atoms with E-state index in [1.807, 2.05) is 0 Å². The molecular formula is C6H14O8PbS2. The summed E-state index contributed by atoms with van der Waals surface area (Å²) in [5.74, 6) is 0. The van der Waals surface area contributed by atoms with Crippen molar-refractivity contribution in [2.24, 2.45) is 0 Å². The van der Waals surface area contributed by atoms with Gasteiger partial charge in [-0.3, -0.25) is 0 Å². The second-order valence-electron chi connectivity index (χ2n) is 2.71. The number of rotatable bonds is 4. The van der Waals surface area contributed by atoms with Gasteiger partial charge in [0.15, 0.2) is 0 Å². The Hall–Kier alpha value is 0.662. The molecule has 8 nitrogen and oxygen atoms in total. The molecule has 0 aromatic heterocycles. The summed E-state index contributed by atoms with van der Waals surface area (Å²) in [5.41, 5.74) is -3.47. The van der Waals surface area contributed by atoms with Gasteiger partial charge in [0.2, 0.25) is 0 Å². The van der Waals surface area contributed by atoms with Gasteiger partial charge in [-0.15, -0.1) is 0 Å². The van der Waals surface area contributed by atoms with Crippen molar-refractivity contribution in [2.75, 3.05) is 0 Å². The quantitative estimate of drug-likeness (QED) is 0.347. The molecule has 102 valence electrons. The summed E-state index contributed by atoms with van der Waals surface area (Å²) in [7, 11) is -8.89. The summed E-state index contributed by atoms with van der Waals surface area (Å²) in [6.07, 6.45) is -0.0995. The van der Waals surface area contributed by atoms with Crippen LogP contribution in [0.3, 0.4) is 0 Å². The fourth-order valence-electron chi connectivity index (χ4n) is 0.408. The Balaban J connectivity index is -0.000000218. The molecule has 2 unspecified atom stereocenters. The molecular weight excluding hydrogens is 471 g/mol. The minimum atomic E-state index is -4.45. The minimum absolute atomic E-state index is 0. The van der Waals surface area contributed by atoms with E-state index in [9.17, 15) is 25.9 Å². The van der Waals surface area contributed by atoms with E-state index in [1.54, 1.807) is 0 Å². The maximum atomic E-state index is 9.76. The summed E-state index contributed by atoms with van der Waals surface area (Å²) in [6, 6.07) is 0. The van der Waals surface area contributed by atoms with Gasteiger partial charge in [-0.1, -0.05) is 13.8 Å². The van der Waals surface area contributed by atoms with Crippen LogP contribution in [0.4, 0.5) is 0 Å². The molecule has 0 amide bonds. The van der Waals surface area contributed by atoms with Gasteiger partial charge >= 0.3 is 27.3 Å². The van der Waals surface area contributed by atoms with Crippen molar-refractivity contribution < 1.29 is 36.2 Å².